The molecular weight excluding hydrogens is 202 g/mol. The van der Waals surface area contributed by atoms with E-state index in [1.807, 2.05) is 24.3 Å². The van der Waals surface area contributed by atoms with E-state index in [4.69, 9.17) is 9.47 Å². The lowest BCUT2D eigenvalue weighted by atomic mass is 10.3. The molecule has 0 radical (unpaired) electrons. The van der Waals surface area contributed by atoms with Gasteiger partial charge in [-0.25, -0.2) is 0 Å². The molecule has 1 aromatic rings. The van der Waals surface area contributed by atoms with Crippen molar-refractivity contribution in [2.24, 2.45) is 0 Å². The highest BCUT2D eigenvalue weighted by atomic mass is 16.5. The lowest BCUT2D eigenvalue weighted by Crippen LogP contribution is -2.19. The molecule has 1 aliphatic rings. The van der Waals surface area contributed by atoms with Gasteiger partial charge in [-0.15, -0.1) is 0 Å². The first-order valence-electron chi connectivity index (χ1n) is 5.98. The van der Waals surface area contributed by atoms with Crippen LogP contribution in [-0.2, 0) is 0 Å². The second-order valence-electron chi connectivity index (χ2n) is 4.05. The van der Waals surface area contributed by atoms with E-state index in [1.54, 1.807) is 0 Å². The topological polar surface area (TPSA) is 30.5 Å². The number of ether oxygens (including phenoxy) is 2. The van der Waals surface area contributed by atoms with Gasteiger partial charge in [-0.1, -0.05) is 6.92 Å². The van der Waals surface area contributed by atoms with Crippen molar-refractivity contribution in [3.05, 3.63) is 24.3 Å². The van der Waals surface area contributed by atoms with Crippen molar-refractivity contribution in [2.75, 3.05) is 19.7 Å². The van der Waals surface area contributed by atoms with Gasteiger partial charge >= 0.3 is 0 Å². The van der Waals surface area contributed by atoms with E-state index in [0.29, 0.717) is 6.10 Å². The lowest BCUT2D eigenvalue weighted by molar-refractivity contribution is 0.222. The molecule has 3 heteroatoms. The van der Waals surface area contributed by atoms with E-state index in [9.17, 15) is 0 Å². The fourth-order valence-corrected chi connectivity index (χ4v) is 1.76. The summed E-state index contributed by atoms with van der Waals surface area (Å²) in [5.41, 5.74) is 0. The average molecular weight is 221 g/mol. The first-order valence-corrected chi connectivity index (χ1v) is 5.98. The Morgan fingerprint density at radius 3 is 2.62 bits per heavy atom. The molecule has 0 saturated carbocycles. The minimum atomic E-state index is 0.322. The molecule has 1 aliphatic heterocycles. The minimum Gasteiger partial charge on any atom is -0.494 e. The Labute approximate surface area is 96.8 Å². The Kier molecular flexibility index (Phi) is 4.05. The molecule has 16 heavy (non-hydrogen) atoms. The van der Waals surface area contributed by atoms with Crippen LogP contribution in [0.25, 0.3) is 0 Å². The number of nitrogens with one attached hydrogen (secondary N) is 1. The summed E-state index contributed by atoms with van der Waals surface area (Å²) in [4.78, 5) is 0. The van der Waals surface area contributed by atoms with Crippen LogP contribution in [0.5, 0.6) is 11.5 Å². The zero-order valence-electron chi connectivity index (χ0n) is 9.74. The van der Waals surface area contributed by atoms with E-state index in [0.717, 1.165) is 44.0 Å². The number of hydrogen-bond acceptors (Lipinski definition) is 3. The molecule has 1 saturated heterocycles. The van der Waals surface area contributed by atoms with Crippen molar-refractivity contribution < 1.29 is 9.47 Å². The van der Waals surface area contributed by atoms with Crippen molar-refractivity contribution >= 4 is 0 Å². The van der Waals surface area contributed by atoms with Gasteiger partial charge in [0.2, 0.25) is 0 Å². The van der Waals surface area contributed by atoms with Gasteiger partial charge in [0.15, 0.2) is 0 Å². The third-order valence-corrected chi connectivity index (χ3v) is 2.61. The highest BCUT2D eigenvalue weighted by Crippen LogP contribution is 2.19. The monoisotopic (exact) mass is 221 g/mol. The van der Waals surface area contributed by atoms with Crippen LogP contribution in [0.2, 0.25) is 0 Å². The standard InChI is InChI=1S/C13H19NO2/c1-2-9-15-11-3-5-12(6-4-11)16-13-7-8-14-10-13/h3-6,13-14H,2,7-10H2,1H3/t13-/m1/s1. The van der Waals surface area contributed by atoms with Crippen LogP contribution in [0.3, 0.4) is 0 Å². The normalized spacial score (nSPS) is 19.7. The third-order valence-electron chi connectivity index (χ3n) is 2.61. The van der Waals surface area contributed by atoms with Crippen LogP contribution in [0.15, 0.2) is 24.3 Å². The maximum atomic E-state index is 5.82. The van der Waals surface area contributed by atoms with Crippen LogP contribution in [0, 0.1) is 0 Å². The van der Waals surface area contributed by atoms with Crippen LogP contribution in [-0.4, -0.2) is 25.8 Å². The van der Waals surface area contributed by atoms with E-state index < -0.39 is 0 Å². The predicted octanol–water partition coefficient (Wildman–Crippen LogP) is 2.22. The Balaban J connectivity index is 1.86. The third kappa shape index (κ3) is 3.14. The molecule has 0 aliphatic carbocycles. The van der Waals surface area contributed by atoms with Gasteiger partial charge < -0.3 is 14.8 Å². The number of hydrogen-bond donors (Lipinski definition) is 1. The summed E-state index contributed by atoms with van der Waals surface area (Å²) in [5, 5.41) is 3.28. The van der Waals surface area contributed by atoms with Crippen molar-refractivity contribution in [1.29, 1.82) is 0 Å². The summed E-state index contributed by atoms with van der Waals surface area (Å²) in [6.07, 6.45) is 2.45. The summed E-state index contributed by atoms with van der Waals surface area (Å²) in [5.74, 6) is 1.84. The van der Waals surface area contributed by atoms with Gasteiger partial charge in [0.25, 0.3) is 0 Å². The van der Waals surface area contributed by atoms with E-state index in [-0.39, 0.29) is 0 Å². The fraction of sp³-hybridized carbons (Fsp3) is 0.538. The van der Waals surface area contributed by atoms with Gasteiger partial charge in [0.05, 0.1) is 6.61 Å². The van der Waals surface area contributed by atoms with Gasteiger partial charge in [0, 0.05) is 6.54 Å². The van der Waals surface area contributed by atoms with Crippen LogP contribution in [0.4, 0.5) is 0 Å². The Morgan fingerprint density at radius 2 is 2.00 bits per heavy atom. The summed E-state index contributed by atoms with van der Waals surface area (Å²) >= 11 is 0. The molecular formula is C13H19NO2. The summed E-state index contributed by atoms with van der Waals surface area (Å²) in [6.45, 7) is 4.88. The molecule has 0 unspecified atom stereocenters. The van der Waals surface area contributed by atoms with E-state index in [2.05, 4.69) is 12.2 Å². The van der Waals surface area contributed by atoms with Crippen LogP contribution in [0.1, 0.15) is 19.8 Å². The maximum absolute atomic E-state index is 5.82. The maximum Gasteiger partial charge on any atom is 0.120 e. The van der Waals surface area contributed by atoms with Crippen molar-refractivity contribution in [3.8, 4) is 11.5 Å². The quantitative estimate of drug-likeness (QED) is 0.827. The van der Waals surface area contributed by atoms with Crippen molar-refractivity contribution in [3.63, 3.8) is 0 Å². The predicted molar refractivity (Wildman–Crippen MR) is 64.1 cm³/mol. The molecule has 1 atom stereocenters. The van der Waals surface area contributed by atoms with Crippen LogP contribution < -0.4 is 14.8 Å². The Bertz CT molecular complexity index is 304. The minimum absolute atomic E-state index is 0.322. The average Bonchev–Trinajstić information content (AvgIpc) is 2.81. The summed E-state index contributed by atoms with van der Waals surface area (Å²) in [7, 11) is 0. The first-order chi connectivity index (χ1) is 7.88. The lowest BCUT2D eigenvalue weighted by Gasteiger charge is -2.12. The van der Waals surface area contributed by atoms with Gasteiger partial charge in [0.1, 0.15) is 17.6 Å². The molecule has 1 N–H and O–H groups in total. The first kappa shape index (κ1) is 11.3. The summed E-state index contributed by atoms with van der Waals surface area (Å²) in [6, 6.07) is 7.88. The Hall–Kier alpha value is -1.22. The van der Waals surface area contributed by atoms with E-state index >= 15 is 0 Å². The molecule has 1 heterocycles. The van der Waals surface area contributed by atoms with Gasteiger partial charge in [-0.05, 0) is 43.7 Å². The van der Waals surface area contributed by atoms with Crippen molar-refractivity contribution in [1.82, 2.24) is 5.32 Å². The molecule has 3 nitrogen and oxygen atoms in total. The largest absolute Gasteiger partial charge is 0.494 e. The molecule has 0 bridgehead atoms. The molecule has 0 amide bonds. The summed E-state index contributed by atoms with van der Waals surface area (Å²) < 4.78 is 11.3. The molecule has 0 aromatic heterocycles. The number of rotatable bonds is 5. The molecule has 88 valence electrons. The molecule has 1 fully saturated rings. The van der Waals surface area contributed by atoms with Crippen molar-refractivity contribution in [2.45, 2.75) is 25.9 Å². The molecule has 2 rings (SSSR count). The second-order valence-corrected chi connectivity index (χ2v) is 4.05. The van der Waals surface area contributed by atoms with Gasteiger partial charge in [-0.2, -0.15) is 0 Å². The highest BCUT2D eigenvalue weighted by molar-refractivity contribution is 5.31. The second kappa shape index (κ2) is 5.75. The Morgan fingerprint density at radius 1 is 1.25 bits per heavy atom. The zero-order chi connectivity index (χ0) is 11.2. The SMILES string of the molecule is CCCOc1ccc(O[C@@H]2CCNC2)cc1. The zero-order valence-corrected chi connectivity index (χ0v) is 9.74. The highest BCUT2D eigenvalue weighted by Gasteiger charge is 2.15. The number of benzene rings is 1. The smallest absolute Gasteiger partial charge is 0.120 e. The van der Waals surface area contributed by atoms with Crippen LogP contribution >= 0.6 is 0 Å². The fourth-order valence-electron chi connectivity index (χ4n) is 1.76. The van der Waals surface area contributed by atoms with Gasteiger partial charge in [-0.3, -0.25) is 0 Å². The molecule has 1 aromatic carbocycles. The van der Waals surface area contributed by atoms with E-state index in [1.165, 1.54) is 0 Å². The molecule has 0 spiro atoms.